The summed E-state index contributed by atoms with van der Waals surface area (Å²) in [7, 11) is 0. The van der Waals surface area contributed by atoms with Crippen molar-refractivity contribution < 1.29 is 9.90 Å². The minimum absolute atomic E-state index is 0. The highest BCUT2D eigenvalue weighted by atomic mass is 35.5. The van der Waals surface area contributed by atoms with Crippen LogP contribution in [-0.2, 0) is 4.79 Å². The number of carboxylic acids is 1. The molecule has 0 aliphatic rings. The van der Waals surface area contributed by atoms with Crippen LogP contribution in [0, 0.1) is 5.92 Å². The van der Waals surface area contributed by atoms with Crippen molar-refractivity contribution in [1.82, 2.24) is 0 Å². The van der Waals surface area contributed by atoms with Gasteiger partial charge in [-0.15, -0.1) is 24.8 Å². The third kappa shape index (κ3) is 8.05. The summed E-state index contributed by atoms with van der Waals surface area (Å²) in [6, 6.07) is 0. The molecule has 0 radical (unpaired) electrons. The number of rotatable bonds is 3. The topological polar surface area (TPSA) is 37.3 Å². The van der Waals surface area contributed by atoms with Gasteiger partial charge in [-0.1, -0.05) is 20.3 Å². The zero-order valence-corrected chi connectivity index (χ0v) is 7.80. The highest BCUT2D eigenvalue weighted by Gasteiger charge is 2.07. The molecule has 0 fully saturated rings. The molecule has 64 valence electrons. The van der Waals surface area contributed by atoms with E-state index in [0.717, 1.165) is 12.8 Å². The van der Waals surface area contributed by atoms with Crippen molar-refractivity contribution in [2.45, 2.75) is 26.7 Å². The summed E-state index contributed by atoms with van der Waals surface area (Å²) < 4.78 is 0. The Morgan fingerprint density at radius 2 is 1.90 bits per heavy atom. The number of hydrogen-bond acceptors (Lipinski definition) is 1. The first-order valence-electron chi connectivity index (χ1n) is 2.91. The summed E-state index contributed by atoms with van der Waals surface area (Å²) in [5.41, 5.74) is 0. The molecule has 0 rings (SSSR count). The van der Waals surface area contributed by atoms with E-state index in [-0.39, 0.29) is 30.7 Å². The van der Waals surface area contributed by atoms with Gasteiger partial charge in [0.05, 0.1) is 5.92 Å². The molecule has 2 nitrogen and oxygen atoms in total. The average Bonchev–Trinajstić information content (AvgIpc) is 1.67. The minimum atomic E-state index is -0.688. The Morgan fingerprint density at radius 1 is 1.50 bits per heavy atom. The van der Waals surface area contributed by atoms with Crippen molar-refractivity contribution in [2.24, 2.45) is 5.92 Å². The van der Waals surface area contributed by atoms with Gasteiger partial charge in [-0.2, -0.15) is 0 Å². The smallest absolute Gasteiger partial charge is 0.306 e. The Labute approximate surface area is 73.8 Å². The van der Waals surface area contributed by atoms with E-state index in [9.17, 15) is 4.79 Å². The number of hydrogen-bond donors (Lipinski definition) is 1. The molecule has 4 heteroatoms. The van der Waals surface area contributed by atoms with Gasteiger partial charge in [0.25, 0.3) is 0 Å². The summed E-state index contributed by atoms with van der Waals surface area (Å²) in [6.07, 6.45) is 1.74. The van der Waals surface area contributed by atoms with Crippen molar-refractivity contribution >= 4 is 30.8 Å². The lowest BCUT2D eigenvalue weighted by Crippen LogP contribution is -2.08. The van der Waals surface area contributed by atoms with Gasteiger partial charge in [-0.3, -0.25) is 4.79 Å². The molecule has 0 aliphatic heterocycles. The molecule has 0 bridgehead atoms. The second kappa shape index (κ2) is 9.05. The number of carbonyl (C=O) groups is 1. The Balaban J connectivity index is -0.000000245. The highest BCUT2D eigenvalue weighted by molar-refractivity contribution is 5.85. The van der Waals surface area contributed by atoms with Crippen LogP contribution in [0.1, 0.15) is 26.7 Å². The fourth-order valence-corrected chi connectivity index (χ4v) is 0.556. The fourth-order valence-electron chi connectivity index (χ4n) is 0.556. The van der Waals surface area contributed by atoms with Gasteiger partial charge in [0.2, 0.25) is 0 Å². The quantitative estimate of drug-likeness (QED) is 0.739. The first kappa shape index (κ1) is 16.6. The summed E-state index contributed by atoms with van der Waals surface area (Å²) in [5.74, 6) is -0.855. The zero-order chi connectivity index (χ0) is 6.57. The molecule has 0 aromatic heterocycles. The van der Waals surface area contributed by atoms with Crippen LogP contribution in [-0.4, -0.2) is 11.1 Å². The van der Waals surface area contributed by atoms with Gasteiger partial charge >= 0.3 is 5.97 Å². The Bertz CT molecular complexity index is 85.8. The van der Waals surface area contributed by atoms with Crippen LogP contribution >= 0.6 is 24.8 Å². The van der Waals surface area contributed by atoms with E-state index in [1.807, 2.05) is 6.92 Å². The third-order valence-corrected chi connectivity index (χ3v) is 1.14. The fraction of sp³-hybridized carbons (Fsp3) is 0.833. The molecule has 0 saturated carbocycles. The molecule has 0 saturated heterocycles. The lowest BCUT2D eigenvalue weighted by Gasteiger charge is -2.00. The van der Waals surface area contributed by atoms with Crippen molar-refractivity contribution in [3.8, 4) is 0 Å². The zero-order valence-electron chi connectivity index (χ0n) is 6.16. The second-order valence-corrected chi connectivity index (χ2v) is 2.03. The van der Waals surface area contributed by atoms with Gasteiger partial charge in [0.15, 0.2) is 0 Å². The first-order chi connectivity index (χ1) is 3.68. The predicted octanol–water partition coefficient (Wildman–Crippen LogP) is 2.35. The van der Waals surface area contributed by atoms with Crippen molar-refractivity contribution in [2.75, 3.05) is 0 Å². The maximum Gasteiger partial charge on any atom is 0.306 e. The third-order valence-electron chi connectivity index (χ3n) is 1.14. The highest BCUT2D eigenvalue weighted by Crippen LogP contribution is 2.03. The second-order valence-electron chi connectivity index (χ2n) is 2.03. The molecule has 1 N–H and O–H groups in total. The molecule has 0 heterocycles. The summed E-state index contributed by atoms with van der Waals surface area (Å²) in [4.78, 5) is 10.1. The van der Waals surface area contributed by atoms with Crippen LogP contribution in [0.4, 0.5) is 0 Å². The summed E-state index contributed by atoms with van der Waals surface area (Å²) in [5, 5.41) is 8.31. The average molecular weight is 189 g/mol. The molecule has 0 amide bonds. The van der Waals surface area contributed by atoms with E-state index in [2.05, 4.69) is 0 Å². The van der Waals surface area contributed by atoms with Crippen molar-refractivity contribution in [3.05, 3.63) is 0 Å². The first-order valence-corrected chi connectivity index (χ1v) is 2.91. The van der Waals surface area contributed by atoms with E-state index >= 15 is 0 Å². The van der Waals surface area contributed by atoms with E-state index in [1.165, 1.54) is 0 Å². The summed E-state index contributed by atoms with van der Waals surface area (Å²) in [6.45, 7) is 3.71. The maximum absolute atomic E-state index is 10.1. The number of halogens is 2. The van der Waals surface area contributed by atoms with Crippen LogP contribution in [0.2, 0.25) is 0 Å². The Kier molecular flexibility index (Phi) is 15.0. The molecular weight excluding hydrogens is 175 g/mol. The van der Waals surface area contributed by atoms with Crippen LogP contribution in [0.15, 0.2) is 0 Å². The van der Waals surface area contributed by atoms with Gasteiger partial charge in [-0.05, 0) is 6.42 Å². The van der Waals surface area contributed by atoms with Crippen LogP contribution in [0.5, 0.6) is 0 Å². The van der Waals surface area contributed by atoms with Gasteiger partial charge < -0.3 is 5.11 Å². The standard InChI is InChI=1S/C6H12O2.2ClH/c1-3-4-5(2)6(7)8;;/h5H,3-4H2,1-2H3,(H,7,8);2*1H. The summed E-state index contributed by atoms with van der Waals surface area (Å²) >= 11 is 0. The van der Waals surface area contributed by atoms with E-state index < -0.39 is 5.97 Å². The van der Waals surface area contributed by atoms with E-state index in [0.29, 0.717) is 0 Å². The Hall–Kier alpha value is 0.0500. The monoisotopic (exact) mass is 188 g/mol. The molecule has 10 heavy (non-hydrogen) atoms. The molecule has 0 aromatic rings. The molecule has 1 atom stereocenters. The van der Waals surface area contributed by atoms with Crippen LogP contribution < -0.4 is 0 Å². The Morgan fingerprint density at radius 3 is 2.00 bits per heavy atom. The molecule has 0 aliphatic carbocycles. The lowest BCUT2D eigenvalue weighted by molar-refractivity contribution is -0.141. The number of carboxylic acid groups (broad SMARTS) is 1. The largest absolute Gasteiger partial charge is 0.481 e. The molecule has 0 aromatic carbocycles. The van der Waals surface area contributed by atoms with Gasteiger partial charge in [-0.25, -0.2) is 0 Å². The van der Waals surface area contributed by atoms with Crippen molar-refractivity contribution in [1.29, 1.82) is 0 Å². The molecule has 0 spiro atoms. The van der Waals surface area contributed by atoms with Crippen LogP contribution in [0.3, 0.4) is 0 Å². The van der Waals surface area contributed by atoms with Crippen LogP contribution in [0.25, 0.3) is 0 Å². The maximum atomic E-state index is 10.1. The predicted molar refractivity (Wildman–Crippen MR) is 46.2 cm³/mol. The minimum Gasteiger partial charge on any atom is -0.481 e. The van der Waals surface area contributed by atoms with E-state index in [4.69, 9.17) is 5.11 Å². The van der Waals surface area contributed by atoms with Gasteiger partial charge in [0.1, 0.15) is 0 Å². The van der Waals surface area contributed by atoms with E-state index in [1.54, 1.807) is 6.92 Å². The number of aliphatic carboxylic acids is 1. The lowest BCUT2D eigenvalue weighted by atomic mass is 10.1. The van der Waals surface area contributed by atoms with Gasteiger partial charge in [0, 0.05) is 0 Å². The normalized spacial score (nSPS) is 10.6. The van der Waals surface area contributed by atoms with Crippen molar-refractivity contribution in [3.63, 3.8) is 0 Å². The SMILES string of the molecule is CCCC(C)C(=O)O.Cl.Cl. The molecular formula is C6H14Cl2O2. The molecule has 1 unspecified atom stereocenters.